The number of hydrogen-bond donors (Lipinski definition) is 1. The minimum Gasteiger partial charge on any atom is -0.330 e. The molecule has 1 aromatic heterocycles. The molecule has 0 radical (unpaired) electrons. The minimum absolute atomic E-state index is 0.525. The van der Waals surface area contributed by atoms with Crippen molar-refractivity contribution in [3.8, 4) is 0 Å². The van der Waals surface area contributed by atoms with Crippen molar-refractivity contribution in [2.75, 3.05) is 20.6 Å². The van der Waals surface area contributed by atoms with Gasteiger partial charge in [0.2, 0.25) is 0 Å². The zero-order valence-electron chi connectivity index (χ0n) is 8.79. The predicted molar refractivity (Wildman–Crippen MR) is 59.6 cm³/mol. The highest BCUT2D eigenvalue weighted by molar-refractivity contribution is 7.11. The number of nitrogens with two attached hydrogens (primary N) is 1. The van der Waals surface area contributed by atoms with E-state index in [2.05, 4.69) is 24.0 Å². The molecular weight excluding hydrogens is 194 g/mol. The van der Waals surface area contributed by atoms with Crippen LogP contribution in [0.5, 0.6) is 0 Å². The van der Waals surface area contributed by atoms with Crippen LogP contribution in [0, 0.1) is 0 Å². The summed E-state index contributed by atoms with van der Waals surface area (Å²) in [6.45, 7) is 1.70. The van der Waals surface area contributed by atoms with Gasteiger partial charge in [-0.15, -0.1) is 11.3 Å². The fourth-order valence-corrected chi connectivity index (χ4v) is 3.21. The molecule has 0 amide bonds. The van der Waals surface area contributed by atoms with Crippen molar-refractivity contribution in [3.63, 3.8) is 0 Å². The minimum atomic E-state index is 0.525. The summed E-state index contributed by atoms with van der Waals surface area (Å²) in [5, 5.41) is 1.23. The molecular formula is C10H17N3S. The van der Waals surface area contributed by atoms with Gasteiger partial charge in [-0.3, -0.25) is 0 Å². The van der Waals surface area contributed by atoms with Crippen LogP contribution in [0.15, 0.2) is 0 Å². The SMILES string of the molecule is CN(C)Cc1nc2c(s1)CCC2CN. The Morgan fingerprint density at radius 2 is 2.36 bits per heavy atom. The van der Waals surface area contributed by atoms with Crippen LogP contribution in [0.4, 0.5) is 0 Å². The van der Waals surface area contributed by atoms with E-state index in [9.17, 15) is 0 Å². The van der Waals surface area contributed by atoms with E-state index in [0.717, 1.165) is 13.1 Å². The number of thiazole rings is 1. The molecule has 3 nitrogen and oxygen atoms in total. The van der Waals surface area contributed by atoms with Gasteiger partial charge < -0.3 is 10.6 Å². The summed E-state index contributed by atoms with van der Waals surface area (Å²) in [6.07, 6.45) is 2.38. The number of aromatic nitrogens is 1. The molecule has 1 atom stereocenters. The first-order valence-corrected chi connectivity index (χ1v) is 5.85. The van der Waals surface area contributed by atoms with E-state index in [1.54, 1.807) is 0 Å². The van der Waals surface area contributed by atoms with Crippen LogP contribution >= 0.6 is 11.3 Å². The van der Waals surface area contributed by atoms with Gasteiger partial charge in [-0.05, 0) is 26.9 Å². The Morgan fingerprint density at radius 1 is 1.57 bits per heavy atom. The maximum atomic E-state index is 5.71. The Labute approximate surface area is 88.9 Å². The molecule has 0 aliphatic heterocycles. The smallest absolute Gasteiger partial charge is 0.107 e. The lowest BCUT2D eigenvalue weighted by Crippen LogP contribution is -2.12. The summed E-state index contributed by atoms with van der Waals surface area (Å²) >= 11 is 1.86. The third-order valence-corrected chi connectivity index (χ3v) is 3.73. The van der Waals surface area contributed by atoms with Gasteiger partial charge in [-0.25, -0.2) is 4.98 Å². The van der Waals surface area contributed by atoms with Crippen LogP contribution in [-0.4, -0.2) is 30.5 Å². The van der Waals surface area contributed by atoms with Gasteiger partial charge in [0.05, 0.1) is 5.69 Å². The van der Waals surface area contributed by atoms with Gasteiger partial charge in [-0.1, -0.05) is 0 Å². The second-order valence-electron chi connectivity index (χ2n) is 4.13. The lowest BCUT2D eigenvalue weighted by Gasteiger charge is -2.07. The van der Waals surface area contributed by atoms with E-state index >= 15 is 0 Å². The molecule has 1 heterocycles. The van der Waals surface area contributed by atoms with Crippen LogP contribution in [0.25, 0.3) is 0 Å². The Bertz CT molecular complexity index is 319. The fraction of sp³-hybridized carbons (Fsp3) is 0.700. The fourth-order valence-electron chi connectivity index (χ4n) is 1.92. The van der Waals surface area contributed by atoms with E-state index in [1.165, 1.54) is 28.4 Å². The summed E-state index contributed by atoms with van der Waals surface area (Å²) in [6, 6.07) is 0. The summed E-state index contributed by atoms with van der Waals surface area (Å²) in [7, 11) is 4.15. The Balaban J connectivity index is 2.17. The summed E-state index contributed by atoms with van der Waals surface area (Å²) in [5.74, 6) is 0.525. The lowest BCUT2D eigenvalue weighted by atomic mass is 10.1. The van der Waals surface area contributed by atoms with Gasteiger partial charge in [0.25, 0.3) is 0 Å². The van der Waals surface area contributed by atoms with E-state index in [4.69, 9.17) is 5.73 Å². The highest BCUT2D eigenvalue weighted by Crippen LogP contribution is 2.35. The van der Waals surface area contributed by atoms with Crippen molar-refractivity contribution in [1.82, 2.24) is 9.88 Å². The third-order valence-electron chi connectivity index (χ3n) is 2.61. The highest BCUT2D eigenvalue weighted by Gasteiger charge is 2.25. The molecule has 14 heavy (non-hydrogen) atoms. The molecule has 1 unspecified atom stereocenters. The summed E-state index contributed by atoms with van der Waals surface area (Å²) < 4.78 is 0. The summed E-state index contributed by atoms with van der Waals surface area (Å²) in [5.41, 5.74) is 7.00. The number of rotatable bonds is 3. The molecule has 0 saturated heterocycles. The second-order valence-corrected chi connectivity index (χ2v) is 5.29. The van der Waals surface area contributed by atoms with E-state index in [1.807, 2.05) is 11.3 Å². The normalized spacial score (nSPS) is 20.4. The molecule has 0 bridgehead atoms. The van der Waals surface area contributed by atoms with E-state index < -0.39 is 0 Å². The van der Waals surface area contributed by atoms with Gasteiger partial charge in [0, 0.05) is 23.9 Å². The molecule has 2 rings (SSSR count). The van der Waals surface area contributed by atoms with Gasteiger partial charge in [0.15, 0.2) is 0 Å². The monoisotopic (exact) mass is 211 g/mol. The van der Waals surface area contributed by atoms with Gasteiger partial charge in [-0.2, -0.15) is 0 Å². The molecule has 0 aromatic carbocycles. The quantitative estimate of drug-likeness (QED) is 0.816. The Kier molecular flexibility index (Phi) is 2.85. The molecule has 0 saturated carbocycles. The maximum absolute atomic E-state index is 5.71. The van der Waals surface area contributed by atoms with Gasteiger partial charge >= 0.3 is 0 Å². The largest absolute Gasteiger partial charge is 0.330 e. The summed E-state index contributed by atoms with van der Waals surface area (Å²) in [4.78, 5) is 8.31. The van der Waals surface area contributed by atoms with Crippen LogP contribution < -0.4 is 5.73 Å². The van der Waals surface area contributed by atoms with Crippen molar-refractivity contribution in [2.24, 2.45) is 5.73 Å². The maximum Gasteiger partial charge on any atom is 0.107 e. The molecule has 1 aromatic rings. The average Bonchev–Trinajstić information content (AvgIpc) is 2.61. The second kappa shape index (κ2) is 3.96. The zero-order chi connectivity index (χ0) is 10.1. The zero-order valence-corrected chi connectivity index (χ0v) is 9.60. The Morgan fingerprint density at radius 3 is 3.00 bits per heavy atom. The highest BCUT2D eigenvalue weighted by atomic mass is 32.1. The molecule has 1 aliphatic carbocycles. The Hall–Kier alpha value is -0.450. The van der Waals surface area contributed by atoms with Crippen LogP contribution in [-0.2, 0) is 13.0 Å². The standard InChI is InChI=1S/C10H17N3S/c1-13(2)6-9-12-10-7(5-11)3-4-8(10)14-9/h7H,3-6,11H2,1-2H3. The average molecular weight is 211 g/mol. The van der Waals surface area contributed by atoms with Gasteiger partial charge in [0.1, 0.15) is 5.01 Å². The molecule has 2 N–H and O–H groups in total. The van der Waals surface area contributed by atoms with Crippen molar-refractivity contribution in [1.29, 1.82) is 0 Å². The van der Waals surface area contributed by atoms with Crippen LogP contribution in [0.3, 0.4) is 0 Å². The van der Waals surface area contributed by atoms with Crippen LogP contribution in [0.1, 0.15) is 27.9 Å². The van der Waals surface area contributed by atoms with E-state index in [-0.39, 0.29) is 0 Å². The first-order chi connectivity index (χ1) is 6.70. The van der Waals surface area contributed by atoms with E-state index in [0.29, 0.717) is 5.92 Å². The van der Waals surface area contributed by atoms with Crippen molar-refractivity contribution >= 4 is 11.3 Å². The van der Waals surface area contributed by atoms with Crippen molar-refractivity contribution in [2.45, 2.75) is 25.3 Å². The number of aryl methyl sites for hydroxylation is 1. The third kappa shape index (κ3) is 1.82. The van der Waals surface area contributed by atoms with Crippen LogP contribution in [0.2, 0.25) is 0 Å². The molecule has 4 heteroatoms. The molecule has 78 valence electrons. The molecule has 0 spiro atoms. The lowest BCUT2D eigenvalue weighted by molar-refractivity contribution is 0.401. The van der Waals surface area contributed by atoms with Crippen molar-refractivity contribution < 1.29 is 0 Å². The molecule has 1 aliphatic rings. The predicted octanol–water partition coefficient (Wildman–Crippen LogP) is 1.19. The molecule has 0 fully saturated rings. The number of fused-ring (bicyclic) bond motifs is 1. The van der Waals surface area contributed by atoms with Crippen molar-refractivity contribution in [3.05, 3.63) is 15.6 Å². The number of nitrogens with zero attached hydrogens (tertiary/aromatic N) is 2. The topological polar surface area (TPSA) is 42.2 Å². The number of hydrogen-bond acceptors (Lipinski definition) is 4. The first kappa shape index (κ1) is 10.1. The first-order valence-electron chi connectivity index (χ1n) is 5.04.